The number of benzene rings is 2. The summed E-state index contributed by atoms with van der Waals surface area (Å²) in [5.41, 5.74) is 1.83. The molecule has 0 saturated heterocycles. The van der Waals surface area contributed by atoms with E-state index >= 15 is 0 Å². The van der Waals surface area contributed by atoms with Crippen LogP contribution in [0.2, 0.25) is 5.02 Å². The van der Waals surface area contributed by atoms with E-state index < -0.39 is 28.9 Å². The number of fused-ring (bicyclic) bond motifs is 1. The minimum atomic E-state index is -2.67. The van der Waals surface area contributed by atoms with E-state index in [0.717, 1.165) is 5.39 Å². The molecule has 2 atom stereocenters. The SMILES string of the molecule is CCS(=O)(=NC)c1ccc(Cl)cc1COC(=O)N[C@@H](Cc1coc2ccccc12)B(O)O. The smallest absolute Gasteiger partial charge is 0.464 e. The Kier molecular flexibility index (Phi) is 7.84. The lowest BCUT2D eigenvalue weighted by Gasteiger charge is -2.18. The molecule has 1 heterocycles. The molecule has 0 spiro atoms. The molecule has 0 aliphatic heterocycles. The molecule has 0 aliphatic carbocycles. The summed E-state index contributed by atoms with van der Waals surface area (Å²) in [6, 6.07) is 12.1. The topological polar surface area (TPSA) is 121 Å². The van der Waals surface area contributed by atoms with Gasteiger partial charge in [0, 0.05) is 28.8 Å². The van der Waals surface area contributed by atoms with Gasteiger partial charge in [-0.3, -0.25) is 0 Å². The molecular formula is C21H24BClN2O6S. The highest BCUT2D eigenvalue weighted by molar-refractivity contribution is 7.93. The highest BCUT2D eigenvalue weighted by Crippen LogP contribution is 2.24. The minimum Gasteiger partial charge on any atom is -0.464 e. The van der Waals surface area contributed by atoms with Crippen molar-refractivity contribution < 1.29 is 28.2 Å². The maximum Gasteiger partial charge on any atom is 0.475 e. The number of rotatable bonds is 8. The van der Waals surface area contributed by atoms with Crippen molar-refractivity contribution in [3.8, 4) is 0 Å². The van der Waals surface area contributed by atoms with Crippen LogP contribution in [0, 0.1) is 0 Å². The minimum absolute atomic E-state index is 0.116. The molecule has 1 aromatic heterocycles. The van der Waals surface area contributed by atoms with E-state index in [-0.39, 0.29) is 13.0 Å². The molecule has 3 aromatic rings. The van der Waals surface area contributed by atoms with Crippen molar-refractivity contribution in [2.24, 2.45) is 4.36 Å². The zero-order valence-corrected chi connectivity index (χ0v) is 19.2. The van der Waals surface area contributed by atoms with Gasteiger partial charge in [0.25, 0.3) is 0 Å². The number of ether oxygens (including phenoxy) is 1. The number of amides is 1. The number of alkyl carbamates (subject to hydrolysis) is 1. The second-order valence-electron chi connectivity index (χ2n) is 7.07. The molecule has 11 heteroatoms. The molecule has 8 nitrogen and oxygen atoms in total. The van der Waals surface area contributed by atoms with Crippen LogP contribution in [0.15, 0.2) is 62.4 Å². The fourth-order valence-electron chi connectivity index (χ4n) is 3.35. The van der Waals surface area contributed by atoms with E-state index in [9.17, 15) is 19.1 Å². The van der Waals surface area contributed by atoms with Crippen LogP contribution >= 0.6 is 11.6 Å². The number of carbonyl (C=O) groups is 1. The summed E-state index contributed by atoms with van der Waals surface area (Å²) in [4.78, 5) is 12.8. The summed E-state index contributed by atoms with van der Waals surface area (Å²) in [6.45, 7) is 1.55. The van der Waals surface area contributed by atoms with E-state index in [4.69, 9.17) is 20.8 Å². The van der Waals surface area contributed by atoms with Crippen LogP contribution in [0.5, 0.6) is 0 Å². The number of nitrogens with one attached hydrogen (secondary N) is 1. The van der Waals surface area contributed by atoms with Gasteiger partial charge in [0.05, 0.1) is 26.8 Å². The standard InChI is InChI=1S/C21H24BClN2O6S/c1-3-32(29,24-2)19-9-8-16(23)10-15(19)13-31-21(26)25-20(22(27)28)11-14-12-30-18-7-5-4-6-17(14)18/h4-10,12,20,27-28H,3,11,13H2,1-2H3,(H,25,26)/t20-,32?/m0/s1. The third-order valence-corrected chi connectivity index (χ3v) is 7.77. The van der Waals surface area contributed by atoms with Gasteiger partial charge in [0.2, 0.25) is 0 Å². The predicted molar refractivity (Wildman–Crippen MR) is 124 cm³/mol. The molecule has 170 valence electrons. The summed E-state index contributed by atoms with van der Waals surface area (Å²) in [6.07, 6.45) is 0.768. The normalized spacial score (nSPS) is 13.9. The molecule has 1 amide bonds. The summed E-state index contributed by atoms with van der Waals surface area (Å²) in [5.74, 6) is -0.741. The Morgan fingerprint density at radius 1 is 1.28 bits per heavy atom. The van der Waals surface area contributed by atoms with Crippen molar-refractivity contribution in [2.75, 3.05) is 12.8 Å². The Morgan fingerprint density at radius 2 is 2.03 bits per heavy atom. The van der Waals surface area contributed by atoms with Crippen molar-refractivity contribution in [3.05, 3.63) is 64.9 Å². The Labute approximate surface area is 191 Å². The molecule has 0 aliphatic rings. The van der Waals surface area contributed by atoms with Gasteiger partial charge in [0.1, 0.15) is 12.2 Å². The molecule has 0 bridgehead atoms. The van der Waals surface area contributed by atoms with E-state index in [1.54, 1.807) is 31.2 Å². The first kappa shape index (κ1) is 24.1. The molecule has 1 unspecified atom stereocenters. The quantitative estimate of drug-likeness (QED) is 0.427. The highest BCUT2D eigenvalue weighted by Gasteiger charge is 2.28. The van der Waals surface area contributed by atoms with Crippen molar-refractivity contribution in [1.82, 2.24) is 5.32 Å². The first-order chi connectivity index (χ1) is 15.3. The lowest BCUT2D eigenvalue weighted by molar-refractivity contribution is 0.136. The predicted octanol–water partition coefficient (Wildman–Crippen LogP) is 3.41. The molecule has 3 N–H and O–H groups in total. The van der Waals surface area contributed by atoms with Crippen LogP contribution in [0.4, 0.5) is 4.79 Å². The number of para-hydroxylation sites is 1. The Bertz CT molecular complexity index is 1220. The number of nitrogens with zero attached hydrogens (tertiary/aromatic N) is 1. The number of halogens is 1. The molecule has 3 rings (SSSR count). The maximum absolute atomic E-state index is 13.0. The van der Waals surface area contributed by atoms with E-state index in [2.05, 4.69) is 9.68 Å². The van der Waals surface area contributed by atoms with Gasteiger partial charge in [-0.25, -0.2) is 13.4 Å². The van der Waals surface area contributed by atoms with Gasteiger partial charge >= 0.3 is 13.2 Å². The Morgan fingerprint density at radius 3 is 2.72 bits per heavy atom. The summed E-state index contributed by atoms with van der Waals surface area (Å²) < 4.78 is 27.8. The van der Waals surface area contributed by atoms with Crippen LogP contribution < -0.4 is 5.32 Å². The van der Waals surface area contributed by atoms with Crippen LogP contribution in [-0.4, -0.2) is 46.2 Å². The molecule has 0 radical (unpaired) electrons. The monoisotopic (exact) mass is 478 g/mol. The third-order valence-electron chi connectivity index (χ3n) is 5.08. The van der Waals surface area contributed by atoms with Gasteiger partial charge in [-0.1, -0.05) is 36.7 Å². The molecule has 0 saturated carbocycles. The summed E-state index contributed by atoms with van der Waals surface area (Å²) >= 11 is 6.07. The third kappa shape index (κ3) is 5.44. The molecule has 0 fully saturated rings. The lowest BCUT2D eigenvalue weighted by Crippen LogP contribution is -2.48. The molecule has 32 heavy (non-hydrogen) atoms. The van der Waals surface area contributed by atoms with Crippen LogP contribution in [-0.2, 0) is 27.5 Å². The van der Waals surface area contributed by atoms with Gasteiger partial charge < -0.3 is 24.5 Å². The second-order valence-corrected chi connectivity index (χ2v) is 10.2. The van der Waals surface area contributed by atoms with E-state index in [0.29, 0.717) is 32.4 Å². The highest BCUT2D eigenvalue weighted by atomic mass is 35.5. The van der Waals surface area contributed by atoms with Gasteiger partial charge in [-0.05, 0) is 36.2 Å². The van der Waals surface area contributed by atoms with Gasteiger partial charge in [-0.15, -0.1) is 0 Å². The van der Waals surface area contributed by atoms with Crippen molar-refractivity contribution in [2.45, 2.75) is 30.8 Å². The van der Waals surface area contributed by atoms with Crippen molar-refractivity contribution >= 4 is 45.5 Å². The van der Waals surface area contributed by atoms with Crippen LogP contribution in [0.1, 0.15) is 18.1 Å². The summed E-state index contributed by atoms with van der Waals surface area (Å²) in [5, 5.41) is 23.2. The van der Waals surface area contributed by atoms with Gasteiger partial charge in [-0.2, -0.15) is 0 Å². The van der Waals surface area contributed by atoms with E-state index in [1.807, 2.05) is 18.2 Å². The first-order valence-corrected chi connectivity index (χ1v) is 12.0. The number of carbonyl (C=O) groups excluding carboxylic acids is 1. The van der Waals surface area contributed by atoms with E-state index in [1.165, 1.54) is 13.3 Å². The zero-order chi connectivity index (χ0) is 23.3. The van der Waals surface area contributed by atoms with Crippen LogP contribution in [0.25, 0.3) is 11.0 Å². The largest absolute Gasteiger partial charge is 0.475 e. The second kappa shape index (κ2) is 10.4. The van der Waals surface area contributed by atoms with Crippen molar-refractivity contribution in [1.29, 1.82) is 0 Å². The fourth-order valence-corrected chi connectivity index (χ4v) is 5.12. The number of hydrogen-bond acceptors (Lipinski definition) is 7. The summed E-state index contributed by atoms with van der Waals surface area (Å²) in [7, 11) is -3.01. The average Bonchev–Trinajstić information content (AvgIpc) is 3.19. The van der Waals surface area contributed by atoms with Gasteiger partial charge in [0.15, 0.2) is 0 Å². The lowest BCUT2D eigenvalue weighted by atomic mass is 9.76. The van der Waals surface area contributed by atoms with Crippen LogP contribution in [0.3, 0.4) is 0 Å². The zero-order valence-electron chi connectivity index (χ0n) is 17.7. The Hall–Kier alpha value is -2.53. The Balaban J connectivity index is 1.72. The number of hydrogen-bond donors (Lipinski definition) is 3. The average molecular weight is 479 g/mol. The molecule has 2 aromatic carbocycles. The fraction of sp³-hybridized carbons (Fsp3) is 0.286. The first-order valence-electron chi connectivity index (χ1n) is 9.93. The number of furan rings is 1. The molecular weight excluding hydrogens is 455 g/mol. The maximum atomic E-state index is 13.0. The van der Waals surface area contributed by atoms with Crippen molar-refractivity contribution in [3.63, 3.8) is 0 Å².